The van der Waals surface area contributed by atoms with Gasteiger partial charge in [0.1, 0.15) is 0 Å². The Morgan fingerprint density at radius 1 is 0.882 bits per heavy atom. The summed E-state index contributed by atoms with van der Waals surface area (Å²) in [6.45, 7) is 4.99. The van der Waals surface area contributed by atoms with Crippen LogP contribution in [0.15, 0.2) is 54.6 Å². The second-order valence-electron chi connectivity index (χ2n) is 8.45. The number of urea groups is 1. The van der Waals surface area contributed by atoms with Crippen LogP contribution in [-0.4, -0.2) is 56.0 Å². The molecule has 1 aliphatic rings. The van der Waals surface area contributed by atoms with Crippen molar-refractivity contribution in [3.8, 4) is 0 Å². The average Bonchev–Trinajstić information content (AvgIpc) is 3.19. The molecule has 4 rings (SSSR count). The number of aryl methyl sites for hydroxylation is 1. The molecule has 1 aliphatic heterocycles. The van der Waals surface area contributed by atoms with Crippen molar-refractivity contribution in [1.29, 1.82) is 0 Å². The number of amides is 4. The number of imide groups is 2. The molecule has 4 amide bonds. The number of rotatable bonds is 8. The molecule has 1 fully saturated rings. The van der Waals surface area contributed by atoms with Crippen LogP contribution in [0.5, 0.6) is 0 Å². The smallest absolute Gasteiger partial charge is 0.284 e. The lowest BCUT2D eigenvalue weighted by Crippen LogP contribution is -2.40. The normalized spacial score (nSPS) is 14.1. The van der Waals surface area contributed by atoms with Crippen LogP contribution in [0.3, 0.4) is 0 Å². The van der Waals surface area contributed by atoms with E-state index in [1.165, 1.54) is 0 Å². The highest BCUT2D eigenvalue weighted by molar-refractivity contribution is 6.44. The lowest BCUT2D eigenvalue weighted by molar-refractivity contribution is -0.144. The Kier molecular flexibility index (Phi) is 6.81. The van der Waals surface area contributed by atoms with Gasteiger partial charge < -0.3 is 0 Å². The third-order valence-electron chi connectivity index (χ3n) is 5.94. The first-order valence-electron chi connectivity index (χ1n) is 10.9. The summed E-state index contributed by atoms with van der Waals surface area (Å²) in [4.78, 5) is 41.6. The molecular weight excluding hydrogens is 454 g/mol. The fraction of sp³-hybridized carbons (Fsp3) is 0.280. The van der Waals surface area contributed by atoms with E-state index in [9.17, 15) is 14.4 Å². The molecule has 0 radical (unpaired) electrons. The highest BCUT2D eigenvalue weighted by Gasteiger charge is 2.44. The van der Waals surface area contributed by atoms with Gasteiger partial charge in [0, 0.05) is 22.8 Å². The van der Waals surface area contributed by atoms with Crippen LogP contribution in [-0.2, 0) is 29.2 Å². The zero-order chi connectivity index (χ0) is 24.4. The van der Waals surface area contributed by atoms with Gasteiger partial charge in [-0.1, -0.05) is 60.1 Å². The Labute approximate surface area is 203 Å². The molecule has 0 atom stereocenters. The molecule has 2 heterocycles. The third-order valence-corrected chi connectivity index (χ3v) is 6.31. The Morgan fingerprint density at radius 2 is 1.53 bits per heavy atom. The number of aromatic nitrogens is 2. The summed E-state index contributed by atoms with van der Waals surface area (Å²) >= 11 is 6.30. The third kappa shape index (κ3) is 4.73. The van der Waals surface area contributed by atoms with Crippen LogP contribution in [0.25, 0.3) is 0 Å². The standard InChI is InChI=1S/C25H26ClN5O3/c1-17-21(18(2)31(27-17)14-20-11-7-8-12-22(20)26)15-28(3)16-30-24(33)23(32)29(25(30)34)13-19-9-5-4-6-10-19/h4-12H,13-16H2,1-3H3. The van der Waals surface area contributed by atoms with E-state index in [1.807, 2.05) is 78.0 Å². The van der Waals surface area contributed by atoms with Crippen molar-refractivity contribution in [3.05, 3.63) is 87.7 Å². The number of carbonyl (C=O) groups excluding carboxylic acids is 3. The minimum Gasteiger partial charge on any atom is -0.284 e. The molecule has 0 saturated carbocycles. The maximum Gasteiger partial charge on any atom is 0.335 e. The highest BCUT2D eigenvalue weighted by atomic mass is 35.5. The largest absolute Gasteiger partial charge is 0.335 e. The summed E-state index contributed by atoms with van der Waals surface area (Å²) in [5.41, 5.74) is 4.59. The van der Waals surface area contributed by atoms with Crippen molar-refractivity contribution in [2.45, 2.75) is 33.5 Å². The molecule has 0 N–H and O–H groups in total. The summed E-state index contributed by atoms with van der Waals surface area (Å²) in [7, 11) is 1.80. The number of hydrogen-bond acceptors (Lipinski definition) is 5. The van der Waals surface area contributed by atoms with Crippen molar-refractivity contribution in [2.75, 3.05) is 13.7 Å². The molecule has 176 valence electrons. The highest BCUT2D eigenvalue weighted by Crippen LogP contribution is 2.21. The van der Waals surface area contributed by atoms with Crippen LogP contribution in [0, 0.1) is 13.8 Å². The number of hydrogen-bond donors (Lipinski definition) is 0. The molecule has 1 saturated heterocycles. The van der Waals surface area contributed by atoms with Crippen LogP contribution in [0.2, 0.25) is 5.02 Å². The van der Waals surface area contributed by atoms with E-state index >= 15 is 0 Å². The van der Waals surface area contributed by atoms with Gasteiger partial charge in [0.25, 0.3) is 0 Å². The van der Waals surface area contributed by atoms with Gasteiger partial charge in [0.15, 0.2) is 0 Å². The van der Waals surface area contributed by atoms with E-state index in [4.69, 9.17) is 11.6 Å². The summed E-state index contributed by atoms with van der Waals surface area (Å²) < 4.78 is 1.90. The van der Waals surface area contributed by atoms with Crippen molar-refractivity contribution in [1.82, 2.24) is 24.5 Å². The summed E-state index contributed by atoms with van der Waals surface area (Å²) in [6.07, 6.45) is 0. The molecule has 3 aromatic rings. The van der Waals surface area contributed by atoms with Crippen LogP contribution >= 0.6 is 11.6 Å². The molecule has 0 unspecified atom stereocenters. The van der Waals surface area contributed by atoms with Crippen LogP contribution in [0.4, 0.5) is 4.79 Å². The van der Waals surface area contributed by atoms with Gasteiger partial charge in [-0.15, -0.1) is 0 Å². The summed E-state index contributed by atoms with van der Waals surface area (Å²) in [5.74, 6) is -1.61. The first-order valence-corrected chi connectivity index (χ1v) is 11.3. The Balaban J connectivity index is 1.44. The maximum atomic E-state index is 12.8. The second-order valence-corrected chi connectivity index (χ2v) is 8.85. The van der Waals surface area contributed by atoms with E-state index in [-0.39, 0.29) is 13.2 Å². The van der Waals surface area contributed by atoms with Gasteiger partial charge in [0.05, 0.1) is 25.5 Å². The Morgan fingerprint density at radius 3 is 2.24 bits per heavy atom. The zero-order valence-electron chi connectivity index (χ0n) is 19.4. The van der Waals surface area contributed by atoms with Crippen molar-refractivity contribution in [3.63, 3.8) is 0 Å². The fourth-order valence-corrected chi connectivity index (χ4v) is 4.24. The minimum atomic E-state index is -0.810. The number of nitrogens with zero attached hydrogens (tertiary/aromatic N) is 5. The average molecular weight is 480 g/mol. The predicted molar refractivity (Wildman–Crippen MR) is 128 cm³/mol. The van der Waals surface area contributed by atoms with Crippen molar-refractivity contribution < 1.29 is 14.4 Å². The topological polar surface area (TPSA) is 78.8 Å². The molecule has 1 aromatic heterocycles. The van der Waals surface area contributed by atoms with E-state index in [0.29, 0.717) is 18.1 Å². The van der Waals surface area contributed by atoms with Crippen LogP contribution in [0.1, 0.15) is 28.1 Å². The van der Waals surface area contributed by atoms with Gasteiger partial charge >= 0.3 is 17.8 Å². The molecule has 0 bridgehead atoms. The van der Waals surface area contributed by atoms with Gasteiger partial charge in [0.2, 0.25) is 0 Å². The predicted octanol–water partition coefficient (Wildman–Crippen LogP) is 3.58. The molecule has 0 aliphatic carbocycles. The van der Waals surface area contributed by atoms with Gasteiger partial charge in [-0.3, -0.25) is 24.1 Å². The van der Waals surface area contributed by atoms with Crippen LogP contribution < -0.4 is 0 Å². The summed E-state index contributed by atoms with van der Waals surface area (Å²) in [6, 6.07) is 16.2. The quantitative estimate of drug-likeness (QED) is 0.364. The van der Waals surface area contributed by atoms with Gasteiger partial charge in [-0.05, 0) is 38.1 Å². The zero-order valence-corrected chi connectivity index (χ0v) is 20.1. The first-order chi connectivity index (χ1) is 16.3. The van der Waals surface area contributed by atoms with Crippen molar-refractivity contribution >= 4 is 29.4 Å². The molecule has 8 nitrogen and oxygen atoms in total. The second kappa shape index (κ2) is 9.79. The lowest BCUT2D eigenvalue weighted by atomic mass is 10.2. The molecule has 2 aromatic carbocycles. The number of benzene rings is 2. The molecule has 34 heavy (non-hydrogen) atoms. The van der Waals surface area contributed by atoms with Crippen molar-refractivity contribution in [2.24, 2.45) is 0 Å². The Hall–Kier alpha value is -3.49. The maximum absolute atomic E-state index is 12.8. The van der Waals surface area contributed by atoms with E-state index in [2.05, 4.69) is 5.10 Å². The van der Waals surface area contributed by atoms with E-state index in [0.717, 1.165) is 37.9 Å². The van der Waals surface area contributed by atoms with E-state index < -0.39 is 17.8 Å². The fourth-order valence-electron chi connectivity index (χ4n) is 4.05. The Bertz CT molecular complexity index is 1240. The SMILES string of the molecule is Cc1nn(Cc2ccccc2Cl)c(C)c1CN(C)CN1C(=O)C(=O)N(Cc2ccccc2)C1=O. The monoisotopic (exact) mass is 479 g/mol. The first kappa shape index (κ1) is 23.7. The molecule has 0 spiro atoms. The minimum absolute atomic E-state index is 0.00324. The lowest BCUT2D eigenvalue weighted by Gasteiger charge is -2.22. The van der Waals surface area contributed by atoms with Gasteiger partial charge in [-0.2, -0.15) is 5.10 Å². The molecular formula is C25H26ClN5O3. The number of carbonyl (C=O) groups is 3. The van der Waals surface area contributed by atoms with Gasteiger partial charge in [-0.25, -0.2) is 9.69 Å². The summed E-state index contributed by atoms with van der Waals surface area (Å²) in [5, 5.41) is 5.34. The van der Waals surface area contributed by atoms with E-state index in [1.54, 1.807) is 7.05 Å². The number of halogens is 1. The molecule has 9 heteroatoms.